The molecule has 3 aromatic rings. The van der Waals surface area contributed by atoms with Crippen LogP contribution in [0.4, 0.5) is 0 Å². The highest BCUT2D eigenvalue weighted by atomic mass is 35.5. The first kappa shape index (κ1) is 24.4. The third-order valence-electron chi connectivity index (χ3n) is 6.12. The zero-order chi connectivity index (χ0) is 24.7. The molecule has 1 aliphatic rings. The smallest absolute Gasteiger partial charge is 0.303 e. The maximum atomic E-state index is 12.5. The zero-order valence-corrected chi connectivity index (χ0v) is 20.9. The van der Waals surface area contributed by atoms with E-state index in [0.29, 0.717) is 17.1 Å². The van der Waals surface area contributed by atoms with E-state index in [2.05, 4.69) is 30.9 Å². The van der Waals surface area contributed by atoms with Crippen molar-refractivity contribution in [1.82, 2.24) is 19.9 Å². The van der Waals surface area contributed by atoms with Crippen LogP contribution >= 0.6 is 11.6 Å². The van der Waals surface area contributed by atoms with Gasteiger partial charge in [-0.25, -0.2) is 8.42 Å². The maximum Gasteiger partial charge on any atom is 0.303 e. The molecule has 0 bridgehead atoms. The van der Waals surface area contributed by atoms with Crippen molar-refractivity contribution in [3.8, 4) is 23.0 Å². The Balaban J connectivity index is 1.61. The number of hydrogen-bond donors (Lipinski definition) is 1. The van der Waals surface area contributed by atoms with E-state index in [4.69, 9.17) is 26.3 Å². The molecular formula is C23H27ClN4O5S. The minimum absolute atomic E-state index is 0.00978. The summed E-state index contributed by atoms with van der Waals surface area (Å²) in [5.74, 6) is -0.743. The van der Waals surface area contributed by atoms with Crippen molar-refractivity contribution in [2.45, 2.75) is 64.3 Å². The highest BCUT2D eigenvalue weighted by Crippen LogP contribution is 2.39. The first-order chi connectivity index (χ1) is 16.0. The maximum absolute atomic E-state index is 12.5. The molecule has 1 aliphatic carbocycles. The van der Waals surface area contributed by atoms with E-state index in [-0.39, 0.29) is 39.8 Å². The van der Waals surface area contributed by atoms with Crippen molar-refractivity contribution in [3.63, 3.8) is 0 Å². The summed E-state index contributed by atoms with van der Waals surface area (Å²) < 4.78 is 32.6. The number of carboxylic acids is 1. The number of sulfone groups is 1. The van der Waals surface area contributed by atoms with Crippen LogP contribution in [0.25, 0.3) is 23.0 Å². The molecule has 0 saturated heterocycles. The topological polar surface area (TPSA) is 128 Å². The fourth-order valence-corrected chi connectivity index (χ4v) is 6.19. The van der Waals surface area contributed by atoms with E-state index in [0.717, 1.165) is 31.4 Å². The minimum atomic E-state index is -3.72. The normalized spacial score (nSPS) is 15.3. The fraction of sp³-hybridized carbons (Fsp3) is 0.478. The van der Waals surface area contributed by atoms with Crippen LogP contribution in [-0.4, -0.2) is 45.2 Å². The lowest BCUT2D eigenvalue weighted by Gasteiger charge is -2.30. The lowest BCUT2D eigenvalue weighted by Crippen LogP contribution is -2.24. The van der Waals surface area contributed by atoms with Gasteiger partial charge in [0.1, 0.15) is 0 Å². The third-order valence-corrected chi connectivity index (χ3v) is 8.40. The number of aryl methyl sites for hydroxylation is 1. The van der Waals surface area contributed by atoms with Gasteiger partial charge in [-0.3, -0.25) is 9.48 Å². The van der Waals surface area contributed by atoms with E-state index in [1.165, 1.54) is 17.8 Å². The quantitative estimate of drug-likeness (QED) is 0.475. The molecule has 0 aliphatic heterocycles. The number of aromatic nitrogens is 4. The molecule has 0 fully saturated rings. The van der Waals surface area contributed by atoms with Gasteiger partial charge in [-0.1, -0.05) is 30.6 Å². The van der Waals surface area contributed by atoms with E-state index < -0.39 is 15.8 Å². The summed E-state index contributed by atoms with van der Waals surface area (Å²) in [5.41, 5.74) is 3.75. The molecule has 9 nitrogen and oxygen atoms in total. The van der Waals surface area contributed by atoms with Crippen LogP contribution in [0, 0.1) is 5.41 Å². The van der Waals surface area contributed by atoms with Crippen molar-refractivity contribution in [3.05, 3.63) is 34.5 Å². The number of nitrogens with zero attached hydrogens (tertiary/aromatic N) is 4. The number of benzene rings is 1. The van der Waals surface area contributed by atoms with Gasteiger partial charge in [-0.15, -0.1) is 0 Å². The molecular weight excluding hydrogens is 480 g/mol. The molecule has 0 radical (unpaired) electrons. The summed E-state index contributed by atoms with van der Waals surface area (Å²) in [4.78, 5) is 15.1. The fourth-order valence-electron chi connectivity index (χ4n) is 4.29. The van der Waals surface area contributed by atoms with Gasteiger partial charge in [-0.05, 0) is 56.2 Å². The van der Waals surface area contributed by atoms with E-state index in [1.54, 1.807) is 6.07 Å². The predicted octanol–water partition coefficient (Wildman–Crippen LogP) is 4.43. The Hall–Kier alpha value is -2.72. The van der Waals surface area contributed by atoms with E-state index in [1.807, 2.05) is 4.68 Å². The van der Waals surface area contributed by atoms with Gasteiger partial charge in [-0.2, -0.15) is 10.1 Å². The molecule has 4 rings (SSSR count). The highest BCUT2D eigenvalue weighted by molar-refractivity contribution is 7.91. The molecule has 0 spiro atoms. The van der Waals surface area contributed by atoms with Gasteiger partial charge in [0.05, 0.1) is 15.7 Å². The molecule has 0 unspecified atom stereocenters. The summed E-state index contributed by atoms with van der Waals surface area (Å²) in [5, 5.41) is 17.6. The van der Waals surface area contributed by atoms with Crippen molar-refractivity contribution in [2.75, 3.05) is 5.75 Å². The molecule has 0 atom stereocenters. The van der Waals surface area contributed by atoms with Crippen LogP contribution in [-0.2, 0) is 34.0 Å². The number of rotatable bonds is 8. The minimum Gasteiger partial charge on any atom is -0.481 e. The second-order valence-electron chi connectivity index (χ2n) is 9.32. The lowest BCUT2D eigenvalue weighted by atomic mass is 9.76. The van der Waals surface area contributed by atoms with E-state index in [9.17, 15) is 13.2 Å². The summed E-state index contributed by atoms with van der Waals surface area (Å²) in [6.07, 6.45) is 2.64. The SMILES string of the molecule is CCn1nc(-c2nc(-c3ccc(S(=O)(=O)CCCC(=O)O)c(Cl)c3)no2)c2c1CC(C)(C)CC2. The van der Waals surface area contributed by atoms with Crippen molar-refractivity contribution >= 4 is 27.4 Å². The largest absolute Gasteiger partial charge is 0.481 e. The molecule has 34 heavy (non-hydrogen) atoms. The summed E-state index contributed by atoms with van der Waals surface area (Å²) in [7, 11) is -3.72. The number of carbonyl (C=O) groups is 1. The molecule has 1 aromatic carbocycles. The Morgan fingerprint density at radius 3 is 2.76 bits per heavy atom. The lowest BCUT2D eigenvalue weighted by molar-refractivity contribution is -0.137. The van der Waals surface area contributed by atoms with Crippen LogP contribution in [0.2, 0.25) is 5.02 Å². The summed E-state index contributed by atoms with van der Waals surface area (Å²) in [6, 6.07) is 4.43. The van der Waals surface area contributed by atoms with Crippen LogP contribution < -0.4 is 0 Å². The van der Waals surface area contributed by atoms with Crippen molar-refractivity contribution < 1.29 is 22.8 Å². The third kappa shape index (κ3) is 4.88. The Morgan fingerprint density at radius 2 is 2.09 bits per heavy atom. The van der Waals surface area contributed by atoms with Gasteiger partial charge in [0, 0.05) is 29.8 Å². The summed E-state index contributed by atoms with van der Waals surface area (Å²) in [6.45, 7) is 7.31. The first-order valence-corrected chi connectivity index (χ1v) is 13.2. The average molecular weight is 507 g/mol. The Bertz CT molecular complexity index is 1340. The zero-order valence-electron chi connectivity index (χ0n) is 19.3. The molecule has 2 heterocycles. The molecule has 1 N–H and O–H groups in total. The number of hydrogen-bond acceptors (Lipinski definition) is 7. The predicted molar refractivity (Wildman–Crippen MR) is 126 cm³/mol. The second kappa shape index (κ2) is 9.14. The number of carboxylic acid groups (broad SMARTS) is 1. The standard InChI is InChI=1S/C23H27ClN4O5S/c1-4-28-17-13-23(2,3)10-9-15(17)20(26-28)22-25-21(27-33-22)14-7-8-18(16(24)12-14)34(31,32)11-5-6-19(29)30/h7-8,12H,4-6,9-11,13H2,1-3H3,(H,29,30). The van der Waals surface area contributed by atoms with E-state index >= 15 is 0 Å². The highest BCUT2D eigenvalue weighted by Gasteiger charge is 2.32. The van der Waals surface area contributed by atoms with Gasteiger partial charge in [0.25, 0.3) is 5.89 Å². The molecule has 11 heteroatoms. The van der Waals surface area contributed by atoms with Crippen LogP contribution in [0.5, 0.6) is 0 Å². The number of halogens is 1. The molecule has 0 saturated carbocycles. The molecule has 182 valence electrons. The second-order valence-corrected chi connectivity index (χ2v) is 11.8. The number of aliphatic carboxylic acids is 1. The van der Waals surface area contributed by atoms with Crippen LogP contribution in [0.3, 0.4) is 0 Å². The van der Waals surface area contributed by atoms with Crippen LogP contribution in [0.1, 0.15) is 51.3 Å². The average Bonchev–Trinajstić information content (AvgIpc) is 3.36. The monoisotopic (exact) mass is 506 g/mol. The number of fused-ring (bicyclic) bond motifs is 1. The van der Waals surface area contributed by atoms with Gasteiger partial charge in [0.15, 0.2) is 15.5 Å². The van der Waals surface area contributed by atoms with Gasteiger partial charge < -0.3 is 9.63 Å². The first-order valence-electron chi connectivity index (χ1n) is 11.2. The molecule has 2 aromatic heterocycles. The van der Waals surface area contributed by atoms with Crippen molar-refractivity contribution in [1.29, 1.82) is 0 Å². The Kier molecular flexibility index (Phi) is 6.56. The van der Waals surface area contributed by atoms with Gasteiger partial charge >= 0.3 is 5.97 Å². The van der Waals surface area contributed by atoms with Gasteiger partial charge in [0.2, 0.25) is 5.82 Å². The van der Waals surface area contributed by atoms with Crippen LogP contribution in [0.15, 0.2) is 27.6 Å². The van der Waals surface area contributed by atoms with Crippen molar-refractivity contribution in [2.24, 2.45) is 5.41 Å². The summed E-state index contributed by atoms with van der Waals surface area (Å²) >= 11 is 6.28. The molecule has 0 amide bonds. The Labute approximate surface area is 203 Å². The Morgan fingerprint density at radius 1 is 1.32 bits per heavy atom.